The fraction of sp³-hybridized carbons (Fsp3) is 1.00. The molecule has 2 aliphatic rings. The first-order valence-electron chi connectivity index (χ1n) is 7.12. The lowest BCUT2D eigenvalue weighted by molar-refractivity contribution is -0.0619. The summed E-state index contributed by atoms with van der Waals surface area (Å²) in [7, 11) is 0. The van der Waals surface area contributed by atoms with E-state index in [9.17, 15) is 8.78 Å². The fourth-order valence-corrected chi connectivity index (χ4v) is 3.64. The van der Waals surface area contributed by atoms with Crippen LogP contribution in [-0.4, -0.2) is 11.5 Å². The highest BCUT2D eigenvalue weighted by Crippen LogP contribution is 2.45. The SMILES string of the molecule is CCC1CCC(C2(N)CCC(F)(F)CC2)CC1. The van der Waals surface area contributed by atoms with Crippen LogP contribution >= 0.6 is 0 Å². The predicted octanol–water partition coefficient (Wildman–Crippen LogP) is 4.11. The molecule has 0 unspecified atom stereocenters. The molecule has 0 aliphatic heterocycles. The van der Waals surface area contributed by atoms with Crippen LogP contribution in [0.1, 0.15) is 64.7 Å². The van der Waals surface area contributed by atoms with Crippen molar-refractivity contribution < 1.29 is 8.78 Å². The van der Waals surface area contributed by atoms with E-state index >= 15 is 0 Å². The third-order valence-corrected chi connectivity index (χ3v) is 5.15. The topological polar surface area (TPSA) is 26.0 Å². The zero-order valence-corrected chi connectivity index (χ0v) is 10.9. The van der Waals surface area contributed by atoms with Crippen molar-refractivity contribution in [1.82, 2.24) is 0 Å². The first-order valence-corrected chi connectivity index (χ1v) is 7.12. The standard InChI is InChI=1S/C14H25F2N/c1-2-11-3-5-12(6-4-11)13(17)7-9-14(15,16)10-8-13/h11-12H,2-10,17H2,1H3. The third kappa shape index (κ3) is 2.98. The van der Waals surface area contributed by atoms with Crippen LogP contribution in [0, 0.1) is 11.8 Å². The lowest BCUT2D eigenvalue weighted by atomic mass is 9.65. The van der Waals surface area contributed by atoms with Gasteiger partial charge in [0.2, 0.25) is 5.92 Å². The Morgan fingerprint density at radius 2 is 1.53 bits per heavy atom. The van der Waals surface area contributed by atoms with Gasteiger partial charge in [-0.3, -0.25) is 0 Å². The molecule has 0 aromatic heterocycles. The summed E-state index contributed by atoms with van der Waals surface area (Å²) in [6, 6.07) is 0. The smallest absolute Gasteiger partial charge is 0.248 e. The van der Waals surface area contributed by atoms with Crippen molar-refractivity contribution in [3.05, 3.63) is 0 Å². The molecule has 3 heteroatoms. The maximum Gasteiger partial charge on any atom is 0.248 e. The fourth-order valence-electron chi connectivity index (χ4n) is 3.64. The minimum Gasteiger partial charge on any atom is -0.325 e. The minimum absolute atomic E-state index is 0.00277. The van der Waals surface area contributed by atoms with Crippen molar-refractivity contribution in [1.29, 1.82) is 0 Å². The molecule has 1 nitrogen and oxygen atoms in total. The van der Waals surface area contributed by atoms with Gasteiger partial charge >= 0.3 is 0 Å². The highest BCUT2D eigenvalue weighted by molar-refractivity contribution is 4.98. The van der Waals surface area contributed by atoms with Crippen LogP contribution in [0.15, 0.2) is 0 Å². The van der Waals surface area contributed by atoms with E-state index in [0.29, 0.717) is 18.8 Å². The van der Waals surface area contributed by atoms with Crippen LogP contribution in [0.5, 0.6) is 0 Å². The van der Waals surface area contributed by atoms with Gasteiger partial charge in [-0.15, -0.1) is 0 Å². The van der Waals surface area contributed by atoms with Crippen LogP contribution in [0.4, 0.5) is 8.78 Å². The van der Waals surface area contributed by atoms with E-state index in [2.05, 4.69) is 6.92 Å². The Morgan fingerprint density at radius 3 is 2.00 bits per heavy atom. The maximum absolute atomic E-state index is 13.2. The second-order valence-corrected chi connectivity index (χ2v) is 6.22. The number of rotatable bonds is 2. The molecule has 0 bridgehead atoms. The van der Waals surface area contributed by atoms with E-state index in [1.54, 1.807) is 0 Å². The Balaban J connectivity index is 1.90. The summed E-state index contributed by atoms with van der Waals surface area (Å²) in [6.45, 7) is 2.24. The van der Waals surface area contributed by atoms with Gasteiger partial charge < -0.3 is 5.73 Å². The zero-order valence-electron chi connectivity index (χ0n) is 10.9. The molecule has 0 aromatic carbocycles. The summed E-state index contributed by atoms with van der Waals surface area (Å²) in [5, 5.41) is 0. The molecule has 0 radical (unpaired) electrons. The molecule has 2 aliphatic carbocycles. The number of hydrogen-bond donors (Lipinski definition) is 1. The molecule has 2 N–H and O–H groups in total. The van der Waals surface area contributed by atoms with Crippen molar-refractivity contribution in [3.8, 4) is 0 Å². The summed E-state index contributed by atoms with van der Waals surface area (Å²) < 4.78 is 26.4. The van der Waals surface area contributed by atoms with E-state index in [1.165, 1.54) is 19.3 Å². The van der Waals surface area contributed by atoms with E-state index in [-0.39, 0.29) is 18.4 Å². The Labute approximate surface area is 103 Å². The zero-order chi connectivity index (χ0) is 12.5. The first-order chi connectivity index (χ1) is 7.95. The largest absolute Gasteiger partial charge is 0.325 e. The molecular weight excluding hydrogens is 220 g/mol. The van der Waals surface area contributed by atoms with Crippen molar-refractivity contribution in [3.63, 3.8) is 0 Å². The lowest BCUT2D eigenvalue weighted by Gasteiger charge is -2.45. The van der Waals surface area contributed by atoms with Gasteiger partial charge in [0.05, 0.1) is 0 Å². The Morgan fingerprint density at radius 1 is 1.00 bits per heavy atom. The Bertz CT molecular complexity index is 247. The average Bonchev–Trinajstić information content (AvgIpc) is 2.34. The quantitative estimate of drug-likeness (QED) is 0.778. The molecule has 2 rings (SSSR count). The molecule has 17 heavy (non-hydrogen) atoms. The van der Waals surface area contributed by atoms with Gasteiger partial charge in [0, 0.05) is 18.4 Å². The van der Waals surface area contributed by atoms with Crippen LogP contribution in [0.25, 0.3) is 0 Å². The van der Waals surface area contributed by atoms with Gasteiger partial charge in [-0.2, -0.15) is 0 Å². The van der Waals surface area contributed by atoms with Gasteiger partial charge in [-0.1, -0.05) is 26.2 Å². The van der Waals surface area contributed by atoms with Gasteiger partial charge in [-0.05, 0) is 37.5 Å². The Hall–Kier alpha value is -0.180. The molecule has 2 fully saturated rings. The molecule has 2 saturated carbocycles. The highest BCUT2D eigenvalue weighted by atomic mass is 19.3. The molecule has 0 spiro atoms. The highest BCUT2D eigenvalue weighted by Gasteiger charge is 2.45. The summed E-state index contributed by atoms with van der Waals surface area (Å²) >= 11 is 0. The average molecular weight is 245 g/mol. The Kier molecular flexibility index (Phi) is 3.77. The number of hydrogen-bond acceptors (Lipinski definition) is 1. The lowest BCUT2D eigenvalue weighted by Crippen LogP contribution is -2.52. The second kappa shape index (κ2) is 4.83. The van der Waals surface area contributed by atoms with E-state index in [4.69, 9.17) is 5.73 Å². The van der Waals surface area contributed by atoms with Gasteiger partial charge in [0.1, 0.15) is 0 Å². The van der Waals surface area contributed by atoms with Gasteiger partial charge in [0.15, 0.2) is 0 Å². The van der Waals surface area contributed by atoms with Crippen molar-refractivity contribution in [2.75, 3.05) is 0 Å². The van der Waals surface area contributed by atoms with Crippen molar-refractivity contribution in [2.24, 2.45) is 17.6 Å². The van der Waals surface area contributed by atoms with Crippen LogP contribution < -0.4 is 5.73 Å². The van der Waals surface area contributed by atoms with Crippen LogP contribution in [0.2, 0.25) is 0 Å². The first kappa shape index (κ1) is 13.3. The molecule has 0 heterocycles. The molecule has 0 atom stereocenters. The van der Waals surface area contributed by atoms with Crippen molar-refractivity contribution >= 4 is 0 Å². The minimum atomic E-state index is -2.45. The molecule has 100 valence electrons. The summed E-state index contributed by atoms with van der Waals surface area (Å²) in [5.41, 5.74) is 6.12. The summed E-state index contributed by atoms with van der Waals surface area (Å²) in [6.07, 6.45) is 7.08. The molecule has 0 amide bonds. The summed E-state index contributed by atoms with van der Waals surface area (Å²) in [5.74, 6) is -1.12. The maximum atomic E-state index is 13.2. The molecule has 0 aromatic rings. The van der Waals surface area contributed by atoms with Crippen LogP contribution in [-0.2, 0) is 0 Å². The normalized spacial score (nSPS) is 36.7. The van der Waals surface area contributed by atoms with E-state index in [1.807, 2.05) is 0 Å². The monoisotopic (exact) mass is 245 g/mol. The molecular formula is C14H25F2N. The third-order valence-electron chi connectivity index (χ3n) is 5.15. The predicted molar refractivity (Wildman–Crippen MR) is 66.1 cm³/mol. The van der Waals surface area contributed by atoms with E-state index < -0.39 is 5.92 Å². The number of nitrogens with two attached hydrogens (primary N) is 1. The van der Waals surface area contributed by atoms with Crippen LogP contribution in [0.3, 0.4) is 0 Å². The number of alkyl halides is 2. The van der Waals surface area contributed by atoms with Gasteiger partial charge in [0.25, 0.3) is 0 Å². The number of halogens is 2. The molecule has 0 saturated heterocycles. The van der Waals surface area contributed by atoms with Crippen molar-refractivity contribution in [2.45, 2.75) is 76.2 Å². The van der Waals surface area contributed by atoms with E-state index in [0.717, 1.165) is 18.8 Å². The second-order valence-electron chi connectivity index (χ2n) is 6.22. The summed E-state index contributed by atoms with van der Waals surface area (Å²) in [4.78, 5) is 0. The van der Waals surface area contributed by atoms with Gasteiger partial charge in [-0.25, -0.2) is 8.78 Å².